The van der Waals surface area contributed by atoms with Crippen molar-refractivity contribution in [3.63, 3.8) is 0 Å². The fourth-order valence-corrected chi connectivity index (χ4v) is 1.35. The van der Waals surface area contributed by atoms with Crippen LogP contribution in [0.1, 0.15) is 25.0 Å². The van der Waals surface area contributed by atoms with Gasteiger partial charge in [-0.3, -0.25) is 9.59 Å². The smallest absolute Gasteiger partial charge is 0.307 e. The van der Waals surface area contributed by atoms with Gasteiger partial charge in [-0.05, 0) is 11.1 Å². The van der Waals surface area contributed by atoms with Gasteiger partial charge in [0.05, 0.1) is 6.42 Å². The first kappa shape index (κ1) is 12.4. The van der Waals surface area contributed by atoms with Gasteiger partial charge >= 0.3 is 5.97 Å². The van der Waals surface area contributed by atoms with Gasteiger partial charge in [0.1, 0.15) is 5.78 Å². The lowest BCUT2D eigenvalue weighted by Crippen LogP contribution is -2.10. The van der Waals surface area contributed by atoms with Crippen molar-refractivity contribution in [2.45, 2.75) is 26.7 Å². The predicted octanol–water partition coefficient (Wildman–Crippen LogP) is 2.08. The Morgan fingerprint density at radius 1 is 1.06 bits per heavy atom. The highest BCUT2D eigenvalue weighted by Gasteiger charge is 2.08. The maximum absolute atomic E-state index is 11.5. The molecule has 0 aliphatic rings. The number of carbonyl (C=O) groups excluding carboxylic acids is 1. The molecule has 0 heterocycles. The molecule has 0 saturated heterocycles. The molecule has 0 amide bonds. The highest BCUT2D eigenvalue weighted by atomic mass is 16.4. The van der Waals surface area contributed by atoms with E-state index in [1.807, 2.05) is 26.0 Å². The number of hydrogen-bond acceptors (Lipinski definition) is 2. The fraction of sp³-hybridized carbons (Fsp3) is 0.385. The quantitative estimate of drug-likeness (QED) is 0.826. The number of hydrogen-bond donors (Lipinski definition) is 1. The molecule has 3 nitrogen and oxygen atoms in total. The van der Waals surface area contributed by atoms with Crippen LogP contribution in [0.15, 0.2) is 24.3 Å². The zero-order valence-corrected chi connectivity index (χ0v) is 9.56. The molecule has 0 spiro atoms. The fourth-order valence-electron chi connectivity index (χ4n) is 1.35. The van der Waals surface area contributed by atoms with Gasteiger partial charge in [-0.2, -0.15) is 0 Å². The highest BCUT2D eigenvalue weighted by Crippen LogP contribution is 2.08. The van der Waals surface area contributed by atoms with Gasteiger partial charge in [0.15, 0.2) is 0 Å². The first-order chi connectivity index (χ1) is 7.49. The molecular weight excluding hydrogens is 204 g/mol. The molecule has 0 aliphatic heterocycles. The summed E-state index contributed by atoms with van der Waals surface area (Å²) in [7, 11) is 0. The average Bonchev–Trinajstić information content (AvgIpc) is 2.20. The molecule has 3 heteroatoms. The van der Waals surface area contributed by atoms with Crippen LogP contribution in [0, 0.1) is 5.92 Å². The first-order valence-corrected chi connectivity index (χ1v) is 5.31. The van der Waals surface area contributed by atoms with E-state index in [0.29, 0.717) is 6.42 Å². The number of benzene rings is 1. The van der Waals surface area contributed by atoms with Crippen molar-refractivity contribution in [3.8, 4) is 0 Å². The Morgan fingerprint density at radius 3 is 1.88 bits per heavy atom. The number of ketones is 1. The number of rotatable bonds is 5. The van der Waals surface area contributed by atoms with E-state index < -0.39 is 5.97 Å². The first-order valence-electron chi connectivity index (χ1n) is 5.31. The van der Waals surface area contributed by atoms with Gasteiger partial charge in [0.25, 0.3) is 0 Å². The molecular formula is C13H16O3. The van der Waals surface area contributed by atoms with Crippen LogP contribution >= 0.6 is 0 Å². The zero-order valence-electron chi connectivity index (χ0n) is 9.56. The van der Waals surface area contributed by atoms with E-state index in [0.717, 1.165) is 11.1 Å². The molecule has 0 bridgehead atoms. The van der Waals surface area contributed by atoms with Crippen molar-refractivity contribution in [2.75, 3.05) is 0 Å². The predicted molar refractivity (Wildman–Crippen MR) is 61.3 cm³/mol. The van der Waals surface area contributed by atoms with Crippen LogP contribution in [0.5, 0.6) is 0 Å². The zero-order chi connectivity index (χ0) is 12.1. The van der Waals surface area contributed by atoms with Crippen LogP contribution in [0.2, 0.25) is 0 Å². The lowest BCUT2D eigenvalue weighted by Gasteiger charge is -2.04. The summed E-state index contributed by atoms with van der Waals surface area (Å²) in [6, 6.07) is 7.16. The molecule has 0 atom stereocenters. The van der Waals surface area contributed by atoms with Gasteiger partial charge in [0, 0.05) is 12.3 Å². The van der Waals surface area contributed by atoms with E-state index in [9.17, 15) is 9.59 Å². The van der Waals surface area contributed by atoms with Gasteiger partial charge in [-0.25, -0.2) is 0 Å². The van der Waals surface area contributed by atoms with Crippen molar-refractivity contribution in [1.29, 1.82) is 0 Å². The minimum atomic E-state index is -0.842. The van der Waals surface area contributed by atoms with Crippen LogP contribution in [0.3, 0.4) is 0 Å². The molecule has 1 aromatic rings. The molecule has 86 valence electrons. The molecule has 0 aliphatic carbocycles. The molecule has 0 fully saturated rings. The standard InChI is InChI=1S/C13H16O3/c1-9(2)12(14)7-10-3-5-11(6-4-10)8-13(15)16/h3-6,9H,7-8H2,1-2H3,(H,15,16). The third kappa shape index (κ3) is 3.85. The van der Waals surface area contributed by atoms with Crippen LogP contribution in [-0.2, 0) is 22.4 Å². The van der Waals surface area contributed by atoms with Crippen LogP contribution < -0.4 is 0 Å². The van der Waals surface area contributed by atoms with E-state index in [2.05, 4.69) is 0 Å². The maximum Gasteiger partial charge on any atom is 0.307 e. The Kier molecular flexibility index (Phi) is 4.23. The summed E-state index contributed by atoms with van der Waals surface area (Å²) in [5.74, 6) is -0.601. The van der Waals surface area contributed by atoms with E-state index >= 15 is 0 Å². The Morgan fingerprint density at radius 2 is 1.50 bits per heavy atom. The maximum atomic E-state index is 11.5. The SMILES string of the molecule is CC(C)C(=O)Cc1ccc(CC(=O)O)cc1. The van der Waals surface area contributed by atoms with Crippen LogP contribution in [-0.4, -0.2) is 16.9 Å². The van der Waals surface area contributed by atoms with E-state index in [-0.39, 0.29) is 18.1 Å². The topological polar surface area (TPSA) is 54.4 Å². The van der Waals surface area contributed by atoms with Crippen molar-refractivity contribution in [2.24, 2.45) is 5.92 Å². The highest BCUT2D eigenvalue weighted by molar-refractivity contribution is 5.82. The van der Waals surface area contributed by atoms with Crippen LogP contribution in [0.25, 0.3) is 0 Å². The van der Waals surface area contributed by atoms with Crippen molar-refractivity contribution in [1.82, 2.24) is 0 Å². The molecule has 0 saturated carbocycles. The number of carboxylic acids is 1. The molecule has 0 unspecified atom stereocenters. The Bertz CT molecular complexity index is 377. The third-order valence-electron chi connectivity index (χ3n) is 2.40. The minimum absolute atomic E-state index is 0.0262. The van der Waals surface area contributed by atoms with Crippen molar-refractivity contribution >= 4 is 11.8 Å². The molecule has 1 N–H and O–H groups in total. The third-order valence-corrected chi connectivity index (χ3v) is 2.40. The van der Waals surface area contributed by atoms with Crippen molar-refractivity contribution in [3.05, 3.63) is 35.4 Å². The average molecular weight is 220 g/mol. The van der Waals surface area contributed by atoms with Crippen molar-refractivity contribution < 1.29 is 14.7 Å². The monoisotopic (exact) mass is 220 g/mol. The van der Waals surface area contributed by atoms with Gasteiger partial charge in [-0.15, -0.1) is 0 Å². The van der Waals surface area contributed by atoms with Gasteiger partial charge in [0.2, 0.25) is 0 Å². The molecule has 1 rings (SSSR count). The van der Waals surface area contributed by atoms with E-state index in [1.54, 1.807) is 12.1 Å². The Labute approximate surface area is 95.1 Å². The summed E-state index contributed by atoms with van der Waals surface area (Å²) < 4.78 is 0. The molecule has 1 aromatic carbocycles. The lowest BCUT2D eigenvalue weighted by molar-refractivity contribution is -0.136. The second-order valence-electron chi connectivity index (χ2n) is 4.18. The van der Waals surface area contributed by atoms with Crippen LogP contribution in [0.4, 0.5) is 0 Å². The van der Waals surface area contributed by atoms with E-state index in [1.165, 1.54) is 0 Å². The number of carboxylic acid groups (broad SMARTS) is 1. The molecule has 16 heavy (non-hydrogen) atoms. The van der Waals surface area contributed by atoms with E-state index in [4.69, 9.17) is 5.11 Å². The second-order valence-corrected chi connectivity index (χ2v) is 4.18. The summed E-state index contributed by atoms with van der Waals surface area (Å²) in [5.41, 5.74) is 1.70. The lowest BCUT2D eigenvalue weighted by atomic mass is 10.00. The summed E-state index contributed by atoms with van der Waals surface area (Å²) in [6.07, 6.45) is 0.448. The number of Topliss-reactive ketones (excluding diaryl/α,β-unsaturated/α-hetero) is 1. The molecule has 0 aromatic heterocycles. The Balaban J connectivity index is 2.64. The second kappa shape index (κ2) is 5.45. The normalized spacial score (nSPS) is 10.4. The summed E-state index contributed by atoms with van der Waals surface area (Å²) >= 11 is 0. The number of aliphatic carboxylic acids is 1. The summed E-state index contributed by atoms with van der Waals surface area (Å²) in [4.78, 5) is 21.9. The Hall–Kier alpha value is -1.64. The summed E-state index contributed by atoms with van der Waals surface area (Å²) in [5, 5.41) is 8.60. The van der Waals surface area contributed by atoms with Gasteiger partial charge in [-0.1, -0.05) is 38.1 Å². The molecule has 0 radical (unpaired) electrons. The number of carbonyl (C=O) groups is 2. The minimum Gasteiger partial charge on any atom is -0.481 e. The largest absolute Gasteiger partial charge is 0.481 e. The van der Waals surface area contributed by atoms with Gasteiger partial charge < -0.3 is 5.11 Å². The summed E-state index contributed by atoms with van der Waals surface area (Å²) in [6.45, 7) is 3.75.